The number of nitrogens with zero attached hydrogens (tertiary/aromatic N) is 7. The zero-order chi connectivity index (χ0) is 52.8. The predicted octanol–water partition coefficient (Wildman–Crippen LogP) is 11.1. The van der Waals surface area contributed by atoms with E-state index in [4.69, 9.17) is 51.0 Å². The lowest BCUT2D eigenvalue weighted by Gasteiger charge is -2.33. The highest BCUT2D eigenvalue weighted by molar-refractivity contribution is 6.36. The second-order valence-corrected chi connectivity index (χ2v) is 19.4. The Balaban J connectivity index is 1.18. The van der Waals surface area contributed by atoms with E-state index in [1.807, 2.05) is 41.3 Å². The van der Waals surface area contributed by atoms with Crippen molar-refractivity contribution in [3.05, 3.63) is 141 Å². The molecule has 0 saturated carbocycles. The minimum atomic E-state index is -5.07. The maximum Gasteiger partial charge on any atom is 0.418 e. The lowest BCUT2D eigenvalue weighted by atomic mass is 9.94. The van der Waals surface area contributed by atoms with Gasteiger partial charge < -0.3 is 39.2 Å². The number of ether oxygens (including phenoxy) is 5. The number of hydrogen-bond acceptors (Lipinski definition) is 13. The molecular weight excluding hydrogens is 1000 g/mol. The smallest absolute Gasteiger partial charge is 0.418 e. The third-order valence-electron chi connectivity index (χ3n) is 14.3. The van der Waals surface area contributed by atoms with Crippen LogP contribution in [0.2, 0.25) is 5.02 Å². The van der Waals surface area contributed by atoms with Gasteiger partial charge in [0.25, 0.3) is 0 Å². The van der Waals surface area contributed by atoms with Gasteiger partial charge in [0.15, 0.2) is 11.6 Å². The number of aryl methyl sites for hydroxylation is 1. The Morgan fingerprint density at radius 1 is 0.840 bits per heavy atom. The van der Waals surface area contributed by atoms with Gasteiger partial charge in [-0.15, -0.1) is 0 Å². The van der Waals surface area contributed by atoms with E-state index in [9.17, 15) is 0 Å². The second kappa shape index (κ2) is 20.8. The van der Waals surface area contributed by atoms with Crippen LogP contribution in [0, 0.1) is 12.7 Å². The molecule has 4 aromatic carbocycles. The van der Waals surface area contributed by atoms with Gasteiger partial charge in [-0.3, -0.25) is 4.90 Å². The summed E-state index contributed by atoms with van der Waals surface area (Å²) < 4.78 is 125. The van der Waals surface area contributed by atoms with Crippen molar-refractivity contribution in [1.29, 1.82) is 0 Å². The number of fused-ring (bicyclic) bond motifs is 1. The van der Waals surface area contributed by atoms with Gasteiger partial charge in [-0.2, -0.15) is 23.1 Å². The van der Waals surface area contributed by atoms with Crippen LogP contribution in [0.3, 0.4) is 0 Å². The number of hydrogen-bond donors (Lipinski definition) is 1. The third-order valence-corrected chi connectivity index (χ3v) is 14.6. The number of rotatable bonds is 16. The highest BCUT2D eigenvalue weighted by Gasteiger charge is 2.53. The normalized spacial score (nSPS) is 18.8. The number of pyridine rings is 2. The van der Waals surface area contributed by atoms with Crippen LogP contribution < -0.4 is 39.2 Å². The number of halogens is 7. The van der Waals surface area contributed by atoms with Crippen molar-refractivity contribution in [1.82, 2.24) is 24.8 Å². The molecule has 13 nitrogen and oxygen atoms in total. The van der Waals surface area contributed by atoms with E-state index in [2.05, 4.69) is 9.97 Å². The van der Waals surface area contributed by atoms with E-state index in [0.717, 1.165) is 16.7 Å². The molecule has 4 atom stereocenters. The fraction of sp³-hybridized carbons (Fsp3) is 0.345. The Kier molecular flexibility index (Phi) is 14.2. The van der Waals surface area contributed by atoms with Gasteiger partial charge in [0.1, 0.15) is 65.8 Å². The summed E-state index contributed by atoms with van der Waals surface area (Å²) in [5, 5.41) is -0.571. The molecule has 2 saturated heterocycles. The van der Waals surface area contributed by atoms with Gasteiger partial charge in [-0.05, 0) is 84.1 Å². The van der Waals surface area contributed by atoms with Crippen LogP contribution in [0.1, 0.15) is 52.3 Å². The van der Waals surface area contributed by atoms with Crippen LogP contribution in [-0.4, -0.2) is 96.9 Å². The number of benzene rings is 4. The minimum Gasteiger partial charge on any atom is -0.497 e. The van der Waals surface area contributed by atoms with Crippen LogP contribution in [0.15, 0.2) is 97.2 Å². The number of methoxy groups -OCH3 is 3. The van der Waals surface area contributed by atoms with Crippen molar-refractivity contribution in [2.75, 3.05) is 69.7 Å². The molecule has 0 spiro atoms. The van der Waals surface area contributed by atoms with E-state index in [1.165, 1.54) is 13.0 Å². The van der Waals surface area contributed by atoms with Crippen molar-refractivity contribution < 1.29 is 50.0 Å². The summed E-state index contributed by atoms with van der Waals surface area (Å²) in [6, 6.07) is 25.5. The van der Waals surface area contributed by atoms with Gasteiger partial charge in [0.05, 0.1) is 66.7 Å². The third kappa shape index (κ3) is 10.2. The minimum absolute atomic E-state index is 0.00276. The van der Waals surface area contributed by atoms with Crippen molar-refractivity contribution in [3.8, 4) is 40.3 Å². The summed E-state index contributed by atoms with van der Waals surface area (Å²) in [4.78, 5) is 23.9. The summed E-state index contributed by atoms with van der Waals surface area (Å²) in [6.07, 6.45) is -5.78. The largest absolute Gasteiger partial charge is 0.497 e. The maximum absolute atomic E-state index is 18.4. The Labute approximate surface area is 434 Å². The van der Waals surface area contributed by atoms with E-state index in [0.29, 0.717) is 22.8 Å². The quantitative estimate of drug-likeness (QED) is 0.0922. The van der Waals surface area contributed by atoms with Crippen molar-refractivity contribution >= 4 is 40.0 Å². The number of aromatic nitrogens is 4. The van der Waals surface area contributed by atoms with Gasteiger partial charge >= 0.3 is 12.2 Å². The van der Waals surface area contributed by atoms with Crippen LogP contribution in [0.4, 0.5) is 43.8 Å². The first-order valence-corrected chi connectivity index (χ1v) is 24.7. The SMILES string of the molecule is COc1ccc(C[C@H](c2cccnc2N)N2CCOc3c(Cl)c(-c4nc(N(Cc5ccc(OC)cc5)Cc5ccc(OC)cc5)cc(C)c4C(F)(F)F)c(F)c4nc(OCC56CC(F)CN5C[C@H](F)C6)nc2c34)cc1. The Morgan fingerprint density at radius 3 is 1.99 bits per heavy atom. The topological polar surface area (TPSA) is 133 Å². The summed E-state index contributed by atoms with van der Waals surface area (Å²) in [7, 11) is 4.64. The molecule has 392 valence electrons. The van der Waals surface area contributed by atoms with Crippen LogP contribution in [0.25, 0.3) is 22.2 Å². The van der Waals surface area contributed by atoms with E-state index < -0.39 is 69.3 Å². The van der Waals surface area contributed by atoms with Crippen molar-refractivity contribution in [2.24, 2.45) is 0 Å². The summed E-state index contributed by atoms with van der Waals surface area (Å²) in [5.41, 5.74) is 4.99. The molecular formula is C55H53ClF6N8O5. The lowest BCUT2D eigenvalue weighted by molar-refractivity contribution is -0.137. The Morgan fingerprint density at radius 2 is 1.43 bits per heavy atom. The highest BCUT2D eigenvalue weighted by atomic mass is 35.5. The first kappa shape index (κ1) is 51.2. The molecule has 6 heterocycles. The fourth-order valence-corrected chi connectivity index (χ4v) is 11.0. The Hall–Kier alpha value is -7.25. The average Bonchev–Trinajstić information content (AvgIpc) is 3.78. The molecule has 0 aliphatic carbocycles. The first-order chi connectivity index (χ1) is 36.1. The van der Waals surface area contributed by atoms with Crippen LogP contribution >= 0.6 is 11.6 Å². The van der Waals surface area contributed by atoms with Gasteiger partial charge in [0, 0.05) is 50.8 Å². The van der Waals surface area contributed by atoms with Crippen LogP contribution in [-0.2, 0) is 25.7 Å². The molecule has 20 heteroatoms. The molecule has 75 heavy (non-hydrogen) atoms. The molecule has 3 aliphatic heterocycles. The molecule has 10 rings (SSSR count). The zero-order valence-electron chi connectivity index (χ0n) is 41.4. The van der Waals surface area contributed by atoms with E-state index in [-0.39, 0.29) is 99.4 Å². The summed E-state index contributed by atoms with van der Waals surface area (Å²) in [5.74, 6) is 0.687. The maximum atomic E-state index is 18.4. The molecule has 2 unspecified atom stereocenters. The Bertz CT molecular complexity index is 3150. The number of alkyl halides is 5. The van der Waals surface area contributed by atoms with Crippen LogP contribution in [0.5, 0.6) is 29.0 Å². The molecule has 2 N–H and O–H groups in total. The number of nitrogen functional groups attached to an aromatic ring is 1. The number of anilines is 3. The van der Waals surface area contributed by atoms with Gasteiger partial charge in [-0.25, -0.2) is 23.1 Å². The monoisotopic (exact) mass is 1050 g/mol. The fourth-order valence-electron chi connectivity index (χ4n) is 10.7. The molecule has 2 fully saturated rings. The summed E-state index contributed by atoms with van der Waals surface area (Å²) in [6.45, 7) is 1.26. The second-order valence-electron chi connectivity index (χ2n) is 19.1. The molecule has 3 aliphatic rings. The summed E-state index contributed by atoms with van der Waals surface area (Å²) >= 11 is 7.30. The average molecular weight is 1060 g/mol. The molecule has 0 amide bonds. The first-order valence-electron chi connectivity index (χ1n) is 24.3. The van der Waals surface area contributed by atoms with Gasteiger partial charge in [-0.1, -0.05) is 54.1 Å². The van der Waals surface area contributed by atoms with E-state index in [1.54, 1.807) is 85.9 Å². The van der Waals surface area contributed by atoms with Gasteiger partial charge in [0.2, 0.25) is 0 Å². The molecule has 7 aromatic rings. The van der Waals surface area contributed by atoms with Crippen molar-refractivity contribution in [2.45, 2.75) is 69.4 Å². The predicted molar refractivity (Wildman–Crippen MR) is 273 cm³/mol. The van der Waals surface area contributed by atoms with E-state index >= 15 is 26.3 Å². The molecule has 3 aromatic heterocycles. The highest BCUT2D eigenvalue weighted by Crippen LogP contribution is 2.52. The lowest BCUT2D eigenvalue weighted by Crippen LogP contribution is -2.43. The number of nitrogens with two attached hydrogens (primary N) is 1. The molecule has 0 bridgehead atoms. The molecule has 0 radical (unpaired) electrons. The zero-order valence-corrected chi connectivity index (χ0v) is 42.2. The standard InChI is InChI=1S/C55H53ClF6N8O5/c1-31-22-42(68(26-33-9-15-38(72-3)16-10-33)27-34-11-17-39(73-4)18-12-34)65-48(45(31)55(60,61)62)43-46(56)50-44-49(47(43)59)66-53(75-30-54-24-35(57)28-69(54)29-36(58)25-54)67-52(44)70(20-21-74-50)41(40-6-5-19-64-51(40)63)23-32-7-13-37(71-2)14-8-32/h5-19,22,35-36,41H,20-21,23-30H2,1-4H3,(H2,63,64)/t35-,36?,41-,54?/m1/s1. The van der Waals surface area contributed by atoms with Crippen molar-refractivity contribution in [3.63, 3.8) is 0 Å².